The average Bonchev–Trinajstić information content (AvgIpc) is 2.55. The smallest absolute Gasteiger partial charge is 0.271 e. The molecule has 9 heteroatoms. The topological polar surface area (TPSA) is 98.5 Å². The molecule has 0 bridgehead atoms. The second kappa shape index (κ2) is 7.37. The second-order valence-electron chi connectivity index (χ2n) is 4.83. The summed E-state index contributed by atoms with van der Waals surface area (Å²) >= 11 is 0. The van der Waals surface area contributed by atoms with Crippen LogP contribution in [0.3, 0.4) is 0 Å². The molecular formula is C15H15FN2O5S. The second-order valence-corrected chi connectivity index (χ2v) is 6.57. The van der Waals surface area contributed by atoms with E-state index in [2.05, 4.69) is 4.72 Å². The molecule has 2 rings (SSSR count). The molecule has 0 amide bonds. The van der Waals surface area contributed by atoms with Gasteiger partial charge in [-0.2, -0.15) is 0 Å². The molecule has 24 heavy (non-hydrogen) atoms. The highest BCUT2D eigenvalue weighted by Crippen LogP contribution is 2.27. The van der Waals surface area contributed by atoms with Crippen LogP contribution in [0.15, 0.2) is 47.4 Å². The number of benzene rings is 2. The van der Waals surface area contributed by atoms with Crippen LogP contribution < -0.4 is 9.46 Å². The zero-order chi connectivity index (χ0) is 17.7. The first-order valence-corrected chi connectivity index (χ1v) is 8.39. The Labute approximate surface area is 138 Å². The van der Waals surface area contributed by atoms with Crippen molar-refractivity contribution in [1.82, 2.24) is 4.72 Å². The molecule has 0 saturated carbocycles. The van der Waals surface area contributed by atoms with Gasteiger partial charge in [-0.05, 0) is 24.1 Å². The third kappa shape index (κ3) is 4.06. The Bertz CT molecular complexity index is 855. The number of nitrogens with zero attached hydrogens (tertiary/aromatic N) is 1. The van der Waals surface area contributed by atoms with E-state index in [9.17, 15) is 22.9 Å². The van der Waals surface area contributed by atoms with Gasteiger partial charge in [0, 0.05) is 18.7 Å². The molecule has 0 aliphatic rings. The van der Waals surface area contributed by atoms with Crippen LogP contribution in [0.1, 0.15) is 5.56 Å². The third-order valence-electron chi connectivity index (χ3n) is 3.29. The molecule has 0 radical (unpaired) electrons. The number of nitrogens with one attached hydrogen (secondary N) is 1. The summed E-state index contributed by atoms with van der Waals surface area (Å²) in [5.41, 5.74) is -0.00325. The SMILES string of the molecule is COc1ccc([N+](=O)[O-])cc1S(=O)(=O)NCCc1ccccc1F. The first kappa shape index (κ1) is 17.8. The molecule has 0 atom stereocenters. The van der Waals surface area contributed by atoms with E-state index < -0.39 is 20.8 Å². The lowest BCUT2D eigenvalue weighted by Gasteiger charge is -2.11. The number of rotatable bonds is 7. The van der Waals surface area contributed by atoms with Crippen LogP contribution in [0.2, 0.25) is 0 Å². The number of hydrogen-bond acceptors (Lipinski definition) is 5. The molecule has 0 spiro atoms. The highest BCUT2D eigenvalue weighted by molar-refractivity contribution is 7.89. The fourth-order valence-corrected chi connectivity index (χ4v) is 3.31. The van der Waals surface area contributed by atoms with E-state index in [4.69, 9.17) is 4.74 Å². The Morgan fingerprint density at radius 2 is 1.96 bits per heavy atom. The fraction of sp³-hybridized carbons (Fsp3) is 0.200. The number of non-ortho nitro benzene ring substituents is 1. The van der Waals surface area contributed by atoms with Crippen LogP contribution in [0, 0.1) is 15.9 Å². The molecule has 0 unspecified atom stereocenters. The first-order valence-electron chi connectivity index (χ1n) is 6.90. The molecule has 0 fully saturated rings. The van der Waals surface area contributed by atoms with E-state index in [1.807, 2.05) is 0 Å². The number of nitro groups is 1. The first-order chi connectivity index (χ1) is 11.3. The predicted molar refractivity (Wildman–Crippen MR) is 84.9 cm³/mol. The van der Waals surface area contributed by atoms with E-state index in [0.29, 0.717) is 5.56 Å². The summed E-state index contributed by atoms with van der Waals surface area (Å²) in [6.07, 6.45) is 0.142. The van der Waals surface area contributed by atoms with Gasteiger partial charge < -0.3 is 4.74 Å². The Morgan fingerprint density at radius 3 is 2.58 bits per heavy atom. The molecule has 0 aliphatic heterocycles. The minimum Gasteiger partial charge on any atom is -0.495 e. The van der Waals surface area contributed by atoms with Gasteiger partial charge in [0.15, 0.2) is 0 Å². The van der Waals surface area contributed by atoms with Gasteiger partial charge in [-0.15, -0.1) is 0 Å². The summed E-state index contributed by atoms with van der Waals surface area (Å²) in [4.78, 5) is 9.79. The third-order valence-corrected chi connectivity index (χ3v) is 4.77. The van der Waals surface area contributed by atoms with Crippen molar-refractivity contribution in [3.05, 3.63) is 64.0 Å². The maximum atomic E-state index is 13.5. The monoisotopic (exact) mass is 354 g/mol. The predicted octanol–water partition coefficient (Wildman–Crippen LogP) is 2.26. The number of hydrogen-bond donors (Lipinski definition) is 1. The van der Waals surface area contributed by atoms with Gasteiger partial charge in [-0.25, -0.2) is 17.5 Å². The summed E-state index contributed by atoms with van der Waals surface area (Å²) < 4.78 is 45.5. The summed E-state index contributed by atoms with van der Waals surface area (Å²) in [5.74, 6) is -0.441. The van der Waals surface area contributed by atoms with Gasteiger partial charge >= 0.3 is 0 Å². The molecule has 1 N–H and O–H groups in total. The van der Waals surface area contributed by atoms with Gasteiger partial charge in [-0.1, -0.05) is 18.2 Å². The van der Waals surface area contributed by atoms with E-state index in [0.717, 1.165) is 12.1 Å². The van der Waals surface area contributed by atoms with Gasteiger partial charge in [0.05, 0.1) is 12.0 Å². The highest BCUT2D eigenvalue weighted by Gasteiger charge is 2.22. The molecular weight excluding hydrogens is 339 g/mol. The van der Waals surface area contributed by atoms with E-state index in [1.165, 1.54) is 25.3 Å². The van der Waals surface area contributed by atoms with E-state index in [1.54, 1.807) is 12.1 Å². The van der Waals surface area contributed by atoms with Crippen LogP contribution in [0.4, 0.5) is 10.1 Å². The summed E-state index contributed by atoms with van der Waals surface area (Å²) in [7, 11) is -2.78. The molecule has 2 aromatic carbocycles. The van der Waals surface area contributed by atoms with E-state index in [-0.39, 0.29) is 29.3 Å². The lowest BCUT2D eigenvalue weighted by Crippen LogP contribution is -2.26. The quantitative estimate of drug-likeness (QED) is 0.607. The fourth-order valence-electron chi connectivity index (χ4n) is 2.09. The van der Waals surface area contributed by atoms with Crippen molar-refractivity contribution < 1.29 is 22.5 Å². The van der Waals surface area contributed by atoms with Crippen molar-refractivity contribution in [2.75, 3.05) is 13.7 Å². The molecule has 0 heterocycles. The van der Waals surface area contributed by atoms with Crippen molar-refractivity contribution in [3.63, 3.8) is 0 Å². The maximum Gasteiger partial charge on any atom is 0.271 e. The van der Waals surface area contributed by atoms with Gasteiger partial charge in [-0.3, -0.25) is 10.1 Å². The van der Waals surface area contributed by atoms with Gasteiger partial charge in [0.25, 0.3) is 5.69 Å². The number of nitro benzene ring substituents is 1. The molecule has 128 valence electrons. The largest absolute Gasteiger partial charge is 0.495 e. The zero-order valence-corrected chi connectivity index (χ0v) is 13.5. The number of sulfonamides is 1. The zero-order valence-electron chi connectivity index (χ0n) is 12.7. The maximum absolute atomic E-state index is 13.5. The number of methoxy groups -OCH3 is 1. The summed E-state index contributed by atoms with van der Waals surface area (Å²) in [6.45, 7) is -0.0604. The van der Waals surface area contributed by atoms with Crippen molar-refractivity contribution in [1.29, 1.82) is 0 Å². The molecule has 0 aliphatic carbocycles. The minimum atomic E-state index is -4.04. The molecule has 0 aromatic heterocycles. The summed E-state index contributed by atoms with van der Waals surface area (Å²) in [6, 6.07) is 9.31. The van der Waals surface area contributed by atoms with Crippen LogP contribution in [-0.4, -0.2) is 27.0 Å². The van der Waals surface area contributed by atoms with Crippen LogP contribution >= 0.6 is 0 Å². The normalized spacial score (nSPS) is 11.2. The molecule has 0 saturated heterocycles. The van der Waals surface area contributed by atoms with Crippen LogP contribution in [0.25, 0.3) is 0 Å². The van der Waals surface area contributed by atoms with Crippen molar-refractivity contribution in [3.8, 4) is 5.75 Å². The van der Waals surface area contributed by atoms with Crippen molar-refractivity contribution in [2.24, 2.45) is 0 Å². The minimum absolute atomic E-state index is 0.0148. The number of ether oxygens (including phenoxy) is 1. The number of halogens is 1. The molecule has 2 aromatic rings. The lowest BCUT2D eigenvalue weighted by atomic mass is 10.1. The van der Waals surface area contributed by atoms with Crippen LogP contribution in [-0.2, 0) is 16.4 Å². The lowest BCUT2D eigenvalue weighted by molar-refractivity contribution is -0.385. The van der Waals surface area contributed by atoms with Crippen molar-refractivity contribution in [2.45, 2.75) is 11.3 Å². The highest BCUT2D eigenvalue weighted by atomic mass is 32.2. The molecule has 7 nitrogen and oxygen atoms in total. The van der Waals surface area contributed by atoms with Gasteiger partial charge in [0.2, 0.25) is 10.0 Å². The standard InChI is InChI=1S/C15H15FN2O5S/c1-23-14-7-6-12(18(19)20)10-15(14)24(21,22)17-9-8-11-4-2-3-5-13(11)16/h2-7,10,17H,8-9H2,1H3. The summed E-state index contributed by atoms with van der Waals surface area (Å²) in [5, 5.41) is 10.8. The Hall–Kier alpha value is -2.52. The van der Waals surface area contributed by atoms with Crippen molar-refractivity contribution >= 4 is 15.7 Å². The van der Waals surface area contributed by atoms with Crippen LogP contribution in [0.5, 0.6) is 5.75 Å². The average molecular weight is 354 g/mol. The van der Waals surface area contributed by atoms with E-state index >= 15 is 0 Å². The Balaban J connectivity index is 2.19. The van der Waals surface area contributed by atoms with Gasteiger partial charge in [0.1, 0.15) is 16.5 Å². The Morgan fingerprint density at radius 1 is 1.25 bits per heavy atom. The Kier molecular flexibility index (Phi) is 5.47.